The minimum atomic E-state index is 0.293. The first-order valence-corrected chi connectivity index (χ1v) is 7.12. The molecule has 20 heavy (non-hydrogen) atoms. The third-order valence-electron chi connectivity index (χ3n) is 3.49. The Morgan fingerprint density at radius 1 is 0.900 bits per heavy atom. The first-order chi connectivity index (χ1) is 9.79. The molecule has 2 aromatic rings. The Morgan fingerprint density at radius 2 is 1.55 bits per heavy atom. The van der Waals surface area contributed by atoms with Gasteiger partial charge in [-0.2, -0.15) is 0 Å². The second-order valence-electron chi connectivity index (χ2n) is 5.03. The Balaban J connectivity index is 1.81. The zero-order valence-electron chi connectivity index (χ0n) is 11.7. The summed E-state index contributed by atoms with van der Waals surface area (Å²) in [5.74, 6) is 0.293. The molecule has 0 bridgehead atoms. The summed E-state index contributed by atoms with van der Waals surface area (Å²) >= 11 is 0. The molecule has 0 aliphatic rings. The maximum absolute atomic E-state index is 12.0. The summed E-state index contributed by atoms with van der Waals surface area (Å²) in [6.45, 7) is 0.494. The molecule has 0 aromatic heterocycles. The summed E-state index contributed by atoms with van der Waals surface area (Å²) in [6.07, 6.45) is 3.01. The lowest BCUT2D eigenvalue weighted by molar-refractivity contribution is -0.118. The van der Waals surface area contributed by atoms with Crippen LogP contribution in [0, 0.1) is 0 Å². The van der Waals surface area contributed by atoms with E-state index in [0.717, 1.165) is 24.0 Å². The minimum Gasteiger partial charge on any atom is -0.326 e. The molecule has 0 aliphatic heterocycles. The van der Waals surface area contributed by atoms with E-state index in [1.807, 2.05) is 42.5 Å². The number of rotatable bonds is 7. The fourth-order valence-corrected chi connectivity index (χ4v) is 2.36. The van der Waals surface area contributed by atoms with Gasteiger partial charge < -0.3 is 5.73 Å². The third kappa shape index (κ3) is 4.32. The van der Waals surface area contributed by atoms with E-state index in [0.29, 0.717) is 25.2 Å². The van der Waals surface area contributed by atoms with Crippen molar-refractivity contribution in [2.45, 2.75) is 32.2 Å². The van der Waals surface area contributed by atoms with Crippen LogP contribution in [-0.2, 0) is 24.2 Å². The topological polar surface area (TPSA) is 43.1 Å². The molecule has 2 N–H and O–H groups in total. The molecular weight excluding hydrogens is 246 g/mol. The fraction of sp³-hybridized carbons (Fsp3) is 0.278. The Hall–Kier alpha value is -1.93. The van der Waals surface area contributed by atoms with Crippen molar-refractivity contribution in [3.63, 3.8) is 0 Å². The second kappa shape index (κ2) is 7.61. The first kappa shape index (κ1) is 14.5. The smallest absolute Gasteiger partial charge is 0.137 e. The number of ketones is 1. The van der Waals surface area contributed by atoms with E-state index >= 15 is 0 Å². The molecule has 0 spiro atoms. The lowest BCUT2D eigenvalue weighted by atomic mass is 9.99. The van der Waals surface area contributed by atoms with Gasteiger partial charge in [-0.1, -0.05) is 54.6 Å². The van der Waals surface area contributed by atoms with Crippen LogP contribution in [0.15, 0.2) is 54.6 Å². The van der Waals surface area contributed by atoms with Gasteiger partial charge in [0.15, 0.2) is 0 Å². The van der Waals surface area contributed by atoms with Gasteiger partial charge in [-0.15, -0.1) is 0 Å². The minimum absolute atomic E-state index is 0.293. The van der Waals surface area contributed by atoms with Crippen molar-refractivity contribution in [1.29, 1.82) is 0 Å². The Morgan fingerprint density at radius 3 is 2.25 bits per heavy atom. The highest BCUT2D eigenvalue weighted by Crippen LogP contribution is 2.11. The lowest BCUT2D eigenvalue weighted by Gasteiger charge is -2.07. The summed E-state index contributed by atoms with van der Waals surface area (Å²) in [6, 6.07) is 18.2. The number of benzene rings is 2. The molecule has 0 saturated heterocycles. The maximum Gasteiger partial charge on any atom is 0.137 e. The van der Waals surface area contributed by atoms with Crippen LogP contribution in [0.4, 0.5) is 0 Å². The molecule has 0 fully saturated rings. The summed E-state index contributed by atoms with van der Waals surface area (Å²) < 4.78 is 0. The molecule has 2 rings (SSSR count). The van der Waals surface area contributed by atoms with Gasteiger partial charge in [0.2, 0.25) is 0 Å². The van der Waals surface area contributed by atoms with Crippen molar-refractivity contribution in [3.8, 4) is 0 Å². The van der Waals surface area contributed by atoms with Gasteiger partial charge >= 0.3 is 0 Å². The van der Waals surface area contributed by atoms with Crippen LogP contribution >= 0.6 is 0 Å². The first-order valence-electron chi connectivity index (χ1n) is 7.12. The summed E-state index contributed by atoms with van der Waals surface area (Å²) in [7, 11) is 0. The normalized spacial score (nSPS) is 10.4. The Bertz CT molecular complexity index is 548. The molecule has 2 nitrogen and oxygen atoms in total. The van der Waals surface area contributed by atoms with Gasteiger partial charge in [-0.05, 0) is 29.5 Å². The van der Waals surface area contributed by atoms with Crippen LogP contribution < -0.4 is 5.73 Å². The lowest BCUT2D eigenvalue weighted by Crippen LogP contribution is -2.08. The highest BCUT2D eigenvalue weighted by atomic mass is 16.1. The van der Waals surface area contributed by atoms with Crippen molar-refractivity contribution >= 4 is 5.78 Å². The number of hydrogen-bond donors (Lipinski definition) is 1. The molecule has 0 aliphatic carbocycles. The number of Topliss-reactive ketones (excluding diaryl/α,β-unsaturated/α-hetero) is 1. The fourth-order valence-electron chi connectivity index (χ4n) is 2.36. The molecule has 2 heteroatoms. The van der Waals surface area contributed by atoms with Crippen LogP contribution in [0.2, 0.25) is 0 Å². The molecule has 0 atom stereocenters. The van der Waals surface area contributed by atoms with E-state index < -0.39 is 0 Å². The van der Waals surface area contributed by atoms with E-state index in [2.05, 4.69) is 12.1 Å². The van der Waals surface area contributed by atoms with Crippen LogP contribution in [0.25, 0.3) is 0 Å². The zero-order chi connectivity index (χ0) is 14.2. The quantitative estimate of drug-likeness (QED) is 0.836. The van der Waals surface area contributed by atoms with E-state index in [-0.39, 0.29) is 0 Å². The maximum atomic E-state index is 12.0. The third-order valence-corrected chi connectivity index (χ3v) is 3.49. The van der Waals surface area contributed by atoms with Crippen molar-refractivity contribution < 1.29 is 4.79 Å². The van der Waals surface area contributed by atoms with Gasteiger partial charge in [-0.3, -0.25) is 4.79 Å². The predicted molar refractivity (Wildman–Crippen MR) is 82.4 cm³/mol. The standard InChI is InChI=1S/C18H21NO/c19-14-17-11-5-4-10-16(17)13-18(20)12-6-9-15-7-2-1-3-8-15/h1-5,7-8,10-11H,6,9,12-14,19H2. The van der Waals surface area contributed by atoms with Crippen molar-refractivity contribution in [2.24, 2.45) is 5.73 Å². The van der Waals surface area contributed by atoms with Gasteiger partial charge in [0.05, 0.1) is 0 Å². The van der Waals surface area contributed by atoms with Gasteiger partial charge in [0.25, 0.3) is 0 Å². The Kier molecular flexibility index (Phi) is 5.51. The SMILES string of the molecule is NCc1ccccc1CC(=O)CCCc1ccccc1. The van der Waals surface area contributed by atoms with Crippen molar-refractivity contribution in [2.75, 3.05) is 0 Å². The van der Waals surface area contributed by atoms with E-state index in [1.165, 1.54) is 5.56 Å². The van der Waals surface area contributed by atoms with Gasteiger partial charge in [-0.25, -0.2) is 0 Å². The average molecular weight is 267 g/mol. The number of hydrogen-bond acceptors (Lipinski definition) is 2. The molecular formula is C18H21NO. The van der Waals surface area contributed by atoms with Crippen LogP contribution in [-0.4, -0.2) is 5.78 Å². The number of aryl methyl sites for hydroxylation is 1. The molecule has 0 unspecified atom stereocenters. The molecule has 2 aromatic carbocycles. The highest BCUT2D eigenvalue weighted by Gasteiger charge is 2.07. The summed E-state index contributed by atoms with van der Waals surface area (Å²) in [5.41, 5.74) is 9.13. The molecule has 0 saturated carbocycles. The largest absolute Gasteiger partial charge is 0.326 e. The monoisotopic (exact) mass is 267 g/mol. The number of carbonyl (C=O) groups excluding carboxylic acids is 1. The van der Waals surface area contributed by atoms with Crippen molar-refractivity contribution in [3.05, 3.63) is 71.3 Å². The van der Waals surface area contributed by atoms with Gasteiger partial charge in [0.1, 0.15) is 5.78 Å². The van der Waals surface area contributed by atoms with Crippen molar-refractivity contribution in [1.82, 2.24) is 0 Å². The van der Waals surface area contributed by atoms with Gasteiger partial charge in [0, 0.05) is 19.4 Å². The summed E-state index contributed by atoms with van der Waals surface area (Å²) in [4.78, 5) is 12.0. The predicted octanol–water partition coefficient (Wildman–Crippen LogP) is 3.28. The average Bonchev–Trinajstić information content (AvgIpc) is 2.49. The molecule has 0 radical (unpaired) electrons. The molecule has 0 amide bonds. The number of carbonyl (C=O) groups is 1. The molecule has 104 valence electrons. The van der Waals surface area contributed by atoms with Crippen LogP contribution in [0.5, 0.6) is 0 Å². The highest BCUT2D eigenvalue weighted by molar-refractivity contribution is 5.81. The zero-order valence-corrected chi connectivity index (χ0v) is 11.7. The number of nitrogens with two attached hydrogens (primary N) is 1. The second-order valence-corrected chi connectivity index (χ2v) is 5.03. The van der Waals surface area contributed by atoms with E-state index in [1.54, 1.807) is 0 Å². The molecule has 0 heterocycles. The van der Waals surface area contributed by atoms with E-state index in [4.69, 9.17) is 5.73 Å². The summed E-state index contributed by atoms with van der Waals surface area (Å²) in [5, 5.41) is 0. The van der Waals surface area contributed by atoms with E-state index in [9.17, 15) is 4.79 Å². The van der Waals surface area contributed by atoms with Crippen LogP contribution in [0.3, 0.4) is 0 Å². The van der Waals surface area contributed by atoms with Crippen LogP contribution in [0.1, 0.15) is 29.5 Å². The Labute approximate surface area is 120 Å².